The molecule has 1 aromatic carbocycles. The summed E-state index contributed by atoms with van der Waals surface area (Å²) in [6.07, 6.45) is 1.75. The minimum Gasteiger partial charge on any atom is -0.495 e. The predicted molar refractivity (Wildman–Crippen MR) is 83.7 cm³/mol. The number of pyridine rings is 1. The van der Waals surface area contributed by atoms with Gasteiger partial charge in [-0.2, -0.15) is 0 Å². The number of hydrogen-bond acceptors (Lipinski definition) is 4. The van der Waals surface area contributed by atoms with Crippen molar-refractivity contribution in [2.45, 2.75) is 6.54 Å². The van der Waals surface area contributed by atoms with Crippen LogP contribution in [0, 0.1) is 0 Å². The molecule has 0 aliphatic rings. The molecule has 0 aliphatic carbocycles. The summed E-state index contributed by atoms with van der Waals surface area (Å²) in [6, 6.07) is 8.55. The van der Waals surface area contributed by atoms with Gasteiger partial charge < -0.3 is 19.4 Å². The summed E-state index contributed by atoms with van der Waals surface area (Å²) < 4.78 is 12.1. The van der Waals surface area contributed by atoms with Crippen LogP contribution in [0.3, 0.4) is 0 Å². The van der Waals surface area contributed by atoms with Crippen molar-refractivity contribution < 1.29 is 9.47 Å². The highest BCUT2D eigenvalue weighted by molar-refractivity contribution is 6.32. The molecular weight excluding hydrogens is 292 g/mol. The Hall–Kier alpha value is -2.14. The van der Waals surface area contributed by atoms with E-state index in [4.69, 9.17) is 21.1 Å². The highest BCUT2D eigenvalue weighted by atomic mass is 35.5. The number of nitrogens with one attached hydrogen (secondary N) is 1. The minimum absolute atomic E-state index is 0.0278. The zero-order chi connectivity index (χ0) is 15.2. The van der Waals surface area contributed by atoms with Crippen molar-refractivity contribution in [1.29, 1.82) is 0 Å². The number of ether oxygens (including phenoxy) is 2. The zero-order valence-corrected chi connectivity index (χ0v) is 12.7. The molecule has 0 atom stereocenters. The number of halogens is 1. The number of aromatic nitrogens is 1. The Labute approximate surface area is 128 Å². The number of hydrogen-bond donors (Lipinski definition) is 1. The van der Waals surface area contributed by atoms with Gasteiger partial charge in [-0.1, -0.05) is 17.7 Å². The van der Waals surface area contributed by atoms with Crippen molar-refractivity contribution >= 4 is 17.3 Å². The van der Waals surface area contributed by atoms with Crippen molar-refractivity contribution in [2.75, 3.05) is 26.1 Å². The van der Waals surface area contributed by atoms with Crippen LogP contribution in [0.2, 0.25) is 5.02 Å². The van der Waals surface area contributed by atoms with Gasteiger partial charge in [0.05, 0.1) is 24.9 Å². The van der Waals surface area contributed by atoms with Crippen LogP contribution >= 0.6 is 11.6 Å². The lowest BCUT2D eigenvalue weighted by Gasteiger charge is -2.14. The van der Waals surface area contributed by atoms with Gasteiger partial charge in [-0.3, -0.25) is 4.79 Å². The molecule has 2 aromatic rings. The second kappa shape index (κ2) is 7.04. The fourth-order valence-electron chi connectivity index (χ4n) is 1.96. The van der Waals surface area contributed by atoms with Gasteiger partial charge in [0.25, 0.3) is 5.56 Å². The van der Waals surface area contributed by atoms with Crippen LogP contribution in [0.4, 0.5) is 5.69 Å². The summed E-state index contributed by atoms with van der Waals surface area (Å²) >= 11 is 6.05. The Morgan fingerprint density at radius 1 is 1.19 bits per heavy atom. The second-order valence-corrected chi connectivity index (χ2v) is 4.75. The summed E-state index contributed by atoms with van der Waals surface area (Å²) in [7, 11) is 3.13. The maximum atomic E-state index is 11.6. The van der Waals surface area contributed by atoms with Crippen molar-refractivity contribution in [2.24, 2.45) is 0 Å². The summed E-state index contributed by atoms with van der Waals surface area (Å²) in [5.74, 6) is 1.19. The van der Waals surface area contributed by atoms with Gasteiger partial charge in [-0.15, -0.1) is 0 Å². The van der Waals surface area contributed by atoms with E-state index < -0.39 is 0 Å². The van der Waals surface area contributed by atoms with E-state index in [1.807, 2.05) is 6.07 Å². The zero-order valence-electron chi connectivity index (χ0n) is 11.9. The van der Waals surface area contributed by atoms with Gasteiger partial charge in [0.1, 0.15) is 11.5 Å². The van der Waals surface area contributed by atoms with Crippen LogP contribution in [-0.2, 0) is 6.54 Å². The average molecular weight is 309 g/mol. The van der Waals surface area contributed by atoms with Crippen LogP contribution in [0.25, 0.3) is 0 Å². The van der Waals surface area contributed by atoms with E-state index in [2.05, 4.69) is 5.32 Å². The monoisotopic (exact) mass is 308 g/mol. The number of rotatable bonds is 6. The smallest absolute Gasteiger partial charge is 0.250 e. The molecule has 0 fully saturated rings. The molecule has 0 bridgehead atoms. The molecule has 21 heavy (non-hydrogen) atoms. The number of nitrogens with zero attached hydrogens (tertiary/aromatic N) is 1. The van der Waals surface area contributed by atoms with Crippen molar-refractivity contribution in [1.82, 2.24) is 4.57 Å². The molecule has 0 unspecified atom stereocenters. The molecule has 0 saturated heterocycles. The maximum Gasteiger partial charge on any atom is 0.250 e. The van der Waals surface area contributed by atoms with E-state index in [0.717, 1.165) is 5.69 Å². The number of methoxy groups -OCH3 is 2. The van der Waals surface area contributed by atoms with Crippen molar-refractivity contribution in [3.63, 3.8) is 0 Å². The highest BCUT2D eigenvalue weighted by Gasteiger charge is 2.09. The first kappa shape index (κ1) is 15.3. The molecular formula is C15H17ClN2O3. The number of anilines is 1. The normalized spacial score (nSPS) is 10.2. The maximum absolute atomic E-state index is 11.6. The van der Waals surface area contributed by atoms with Crippen molar-refractivity contribution in [3.05, 3.63) is 51.9 Å². The van der Waals surface area contributed by atoms with Crippen LogP contribution in [-0.4, -0.2) is 25.3 Å². The fraction of sp³-hybridized carbons (Fsp3) is 0.267. The van der Waals surface area contributed by atoms with Crippen LogP contribution in [0.5, 0.6) is 11.5 Å². The van der Waals surface area contributed by atoms with Gasteiger partial charge in [-0.05, 0) is 6.07 Å². The molecule has 0 aliphatic heterocycles. The summed E-state index contributed by atoms with van der Waals surface area (Å²) in [5, 5.41) is 3.70. The predicted octanol–water partition coefficient (Wildman–Crippen LogP) is 2.63. The summed E-state index contributed by atoms with van der Waals surface area (Å²) in [6.45, 7) is 1.12. The van der Waals surface area contributed by atoms with E-state index in [0.29, 0.717) is 29.6 Å². The molecule has 1 aromatic heterocycles. The summed E-state index contributed by atoms with van der Waals surface area (Å²) in [4.78, 5) is 11.6. The van der Waals surface area contributed by atoms with Crippen LogP contribution in [0.1, 0.15) is 0 Å². The first-order valence-electron chi connectivity index (χ1n) is 6.46. The topological polar surface area (TPSA) is 52.5 Å². The molecule has 2 rings (SSSR count). The van der Waals surface area contributed by atoms with E-state index in [-0.39, 0.29) is 5.56 Å². The van der Waals surface area contributed by atoms with Gasteiger partial charge in [0, 0.05) is 37.5 Å². The molecule has 1 N–H and O–H groups in total. The quantitative estimate of drug-likeness (QED) is 0.891. The minimum atomic E-state index is -0.0278. The first-order chi connectivity index (χ1) is 10.2. The second-order valence-electron chi connectivity index (χ2n) is 4.35. The van der Waals surface area contributed by atoms with Gasteiger partial charge in [0.15, 0.2) is 0 Å². The Bertz CT molecular complexity index is 670. The van der Waals surface area contributed by atoms with E-state index >= 15 is 0 Å². The van der Waals surface area contributed by atoms with E-state index in [1.54, 1.807) is 43.2 Å². The molecule has 5 nitrogen and oxygen atoms in total. The Balaban J connectivity index is 2.09. The molecule has 112 valence electrons. The highest BCUT2D eigenvalue weighted by Crippen LogP contribution is 2.35. The van der Waals surface area contributed by atoms with Gasteiger partial charge in [-0.25, -0.2) is 0 Å². The third-order valence-corrected chi connectivity index (χ3v) is 3.34. The fourth-order valence-corrected chi connectivity index (χ4v) is 2.19. The van der Waals surface area contributed by atoms with Crippen LogP contribution < -0.4 is 20.3 Å². The van der Waals surface area contributed by atoms with Crippen LogP contribution in [0.15, 0.2) is 41.3 Å². The van der Waals surface area contributed by atoms with Crippen molar-refractivity contribution in [3.8, 4) is 11.5 Å². The Morgan fingerprint density at radius 3 is 2.62 bits per heavy atom. The summed E-state index contributed by atoms with van der Waals surface area (Å²) in [5.41, 5.74) is 0.739. The standard InChI is InChI=1S/C15H17ClN2O3/c1-20-13-10-12(14(21-2)9-11(13)16)17-6-8-18-7-4-3-5-15(18)19/h3-5,7,9-10,17H,6,8H2,1-2H3. The lowest BCUT2D eigenvalue weighted by atomic mass is 10.2. The molecule has 0 amide bonds. The Morgan fingerprint density at radius 2 is 1.95 bits per heavy atom. The SMILES string of the molecule is COc1cc(NCCn2ccccc2=O)c(OC)cc1Cl. The molecule has 6 heteroatoms. The largest absolute Gasteiger partial charge is 0.495 e. The van der Waals surface area contributed by atoms with E-state index in [9.17, 15) is 4.79 Å². The van der Waals surface area contributed by atoms with E-state index in [1.165, 1.54) is 6.07 Å². The third kappa shape index (κ3) is 3.70. The molecule has 0 spiro atoms. The average Bonchev–Trinajstić information content (AvgIpc) is 2.50. The lowest BCUT2D eigenvalue weighted by Crippen LogP contribution is -2.22. The molecule has 0 radical (unpaired) electrons. The van der Waals surface area contributed by atoms with Gasteiger partial charge >= 0.3 is 0 Å². The third-order valence-electron chi connectivity index (χ3n) is 3.04. The van der Waals surface area contributed by atoms with Gasteiger partial charge in [0.2, 0.25) is 0 Å². The lowest BCUT2D eigenvalue weighted by molar-refractivity contribution is 0.404. The molecule has 0 saturated carbocycles. The molecule has 1 heterocycles. The first-order valence-corrected chi connectivity index (χ1v) is 6.84. The Kier molecular flexibility index (Phi) is 5.11. The number of benzene rings is 1.